The summed E-state index contributed by atoms with van der Waals surface area (Å²) < 4.78 is 4.15. The van der Waals surface area contributed by atoms with Crippen molar-refractivity contribution in [3.63, 3.8) is 0 Å². The van der Waals surface area contributed by atoms with Gasteiger partial charge in [0.15, 0.2) is 5.52 Å². The number of hydrogen-bond donors (Lipinski definition) is 1. The lowest BCUT2D eigenvalue weighted by molar-refractivity contribution is -0.121. The van der Waals surface area contributed by atoms with Crippen LogP contribution < -0.4 is 16.6 Å². The Balaban J connectivity index is 1.68. The van der Waals surface area contributed by atoms with E-state index in [2.05, 4.69) is 10.4 Å². The van der Waals surface area contributed by atoms with Gasteiger partial charge in [0.2, 0.25) is 5.91 Å². The molecule has 0 aliphatic carbocycles. The summed E-state index contributed by atoms with van der Waals surface area (Å²) in [6, 6.07) is 16.8. The maximum Gasteiger partial charge on any atom is 0.332 e. The van der Waals surface area contributed by atoms with Gasteiger partial charge in [-0.3, -0.25) is 23.4 Å². The highest BCUT2D eigenvalue weighted by atomic mass is 35.5. The molecule has 0 radical (unpaired) electrons. The quantitative estimate of drug-likeness (QED) is 0.420. The van der Waals surface area contributed by atoms with Crippen molar-refractivity contribution in [2.45, 2.75) is 46.4 Å². The topological polar surface area (TPSA) is 90.9 Å². The average Bonchev–Trinajstić information content (AvgIpc) is 3.18. The van der Waals surface area contributed by atoms with E-state index in [1.807, 2.05) is 49.4 Å². The zero-order valence-electron chi connectivity index (χ0n) is 19.1. The number of aryl methyl sites for hydroxylation is 3. The molecule has 0 saturated heterocycles. The van der Waals surface area contributed by atoms with Gasteiger partial charge in [-0.15, -0.1) is 0 Å². The lowest BCUT2D eigenvalue weighted by Crippen LogP contribution is -2.43. The van der Waals surface area contributed by atoms with Crippen molar-refractivity contribution in [2.24, 2.45) is 0 Å². The summed E-state index contributed by atoms with van der Waals surface area (Å²) in [5.74, 6) is -0.338. The minimum absolute atomic E-state index is 0.206. The number of nitrogens with zero attached hydrogens (tertiary/aromatic N) is 4. The number of amides is 1. The molecule has 0 spiro atoms. The fourth-order valence-electron chi connectivity index (χ4n) is 4.02. The van der Waals surface area contributed by atoms with Gasteiger partial charge < -0.3 is 5.32 Å². The number of halogens is 1. The molecular formula is C25H26ClN5O3. The van der Waals surface area contributed by atoms with Crippen LogP contribution in [0.2, 0.25) is 5.02 Å². The van der Waals surface area contributed by atoms with Gasteiger partial charge in [0.1, 0.15) is 12.1 Å². The number of rotatable bonds is 8. The third kappa shape index (κ3) is 4.82. The predicted molar refractivity (Wildman–Crippen MR) is 132 cm³/mol. The Morgan fingerprint density at radius 3 is 2.35 bits per heavy atom. The van der Waals surface area contributed by atoms with Gasteiger partial charge in [0.25, 0.3) is 5.56 Å². The van der Waals surface area contributed by atoms with Gasteiger partial charge in [-0.25, -0.2) is 4.79 Å². The highest BCUT2D eigenvalue weighted by molar-refractivity contribution is 6.30. The van der Waals surface area contributed by atoms with Crippen molar-refractivity contribution in [1.29, 1.82) is 0 Å². The van der Waals surface area contributed by atoms with E-state index in [4.69, 9.17) is 11.6 Å². The van der Waals surface area contributed by atoms with Crippen molar-refractivity contribution in [2.75, 3.05) is 0 Å². The standard InChI is InChI=1S/C25H26ClN5O3/c1-3-31-23-22(17(2)28-31)30(16-21(32)27-15-19-9-11-20(26)12-10-19)25(34)29(24(23)33)14-13-18-7-5-4-6-8-18/h4-12H,3,13-16H2,1-2H3,(H,27,32). The Hall–Kier alpha value is -3.65. The summed E-state index contributed by atoms with van der Waals surface area (Å²) in [4.78, 5) is 39.5. The summed E-state index contributed by atoms with van der Waals surface area (Å²) in [7, 11) is 0. The predicted octanol–water partition coefficient (Wildman–Crippen LogP) is 2.90. The number of hydrogen-bond acceptors (Lipinski definition) is 4. The Bertz CT molecular complexity index is 1440. The first-order valence-electron chi connectivity index (χ1n) is 11.1. The molecular weight excluding hydrogens is 454 g/mol. The SMILES string of the molecule is CCn1nc(C)c2c1c(=O)n(CCc1ccccc1)c(=O)n2CC(=O)NCc1ccc(Cl)cc1. The Morgan fingerprint density at radius 1 is 0.971 bits per heavy atom. The largest absolute Gasteiger partial charge is 0.350 e. The van der Waals surface area contributed by atoms with E-state index in [1.165, 1.54) is 9.13 Å². The van der Waals surface area contributed by atoms with E-state index in [0.29, 0.717) is 41.3 Å². The van der Waals surface area contributed by atoms with Crippen molar-refractivity contribution in [3.8, 4) is 0 Å². The van der Waals surface area contributed by atoms with Gasteiger partial charge in [-0.2, -0.15) is 5.10 Å². The summed E-state index contributed by atoms with van der Waals surface area (Å²) in [5, 5.41) is 7.89. The molecule has 0 fully saturated rings. The molecule has 2 heterocycles. The van der Waals surface area contributed by atoms with Crippen molar-refractivity contribution >= 4 is 28.5 Å². The van der Waals surface area contributed by atoms with Crippen LogP contribution in [0, 0.1) is 6.92 Å². The minimum Gasteiger partial charge on any atom is -0.350 e. The lowest BCUT2D eigenvalue weighted by Gasteiger charge is -2.13. The highest BCUT2D eigenvalue weighted by Gasteiger charge is 2.21. The second kappa shape index (κ2) is 10.1. The molecule has 0 bridgehead atoms. The van der Waals surface area contributed by atoms with Crippen LogP contribution >= 0.6 is 11.6 Å². The molecule has 0 aliphatic heterocycles. The van der Waals surface area contributed by atoms with E-state index in [0.717, 1.165) is 11.1 Å². The van der Waals surface area contributed by atoms with E-state index in [-0.39, 0.29) is 19.0 Å². The molecule has 0 atom stereocenters. The summed E-state index contributed by atoms with van der Waals surface area (Å²) in [6.45, 7) is 4.38. The van der Waals surface area contributed by atoms with Crippen LogP contribution in [0.1, 0.15) is 23.7 Å². The maximum absolute atomic E-state index is 13.4. The third-order valence-electron chi connectivity index (χ3n) is 5.75. The molecule has 0 saturated carbocycles. The number of aromatic nitrogens is 4. The summed E-state index contributed by atoms with van der Waals surface area (Å²) in [5.41, 5.74) is 2.25. The number of nitrogens with one attached hydrogen (secondary N) is 1. The molecule has 8 nitrogen and oxygen atoms in total. The molecule has 176 valence electrons. The maximum atomic E-state index is 13.4. The van der Waals surface area contributed by atoms with Gasteiger partial charge in [0.05, 0.1) is 5.69 Å². The molecule has 4 rings (SSSR count). The van der Waals surface area contributed by atoms with Crippen LogP contribution in [0.4, 0.5) is 0 Å². The van der Waals surface area contributed by atoms with Gasteiger partial charge in [-0.05, 0) is 43.5 Å². The molecule has 1 amide bonds. The molecule has 1 N–H and O–H groups in total. The Kier molecular flexibility index (Phi) is 6.98. The van der Waals surface area contributed by atoms with Crippen molar-refractivity contribution in [1.82, 2.24) is 24.2 Å². The van der Waals surface area contributed by atoms with E-state index in [1.54, 1.807) is 23.7 Å². The fourth-order valence-corrected chi connectivity index (χ4v) is 4.15. The molecule has 2 aromatic heterocycles. The van der Waals surface area contributed by atoms with Crippen LogP contribution in [-0.4, -0.2) is 24.8 Å². The molecule has 34 heavy (non-hydrogen) atoms. The van der Waals surface area contributed by atoms with Gasteiger partial charge in [0, 0.05) is 24.7 Å². The van der Waals surface area contributed by atoms with E-state index >= 15 is 0 Å². The smallest absolute Gasteiger partial charge is 0.332 e. The van der Waals surface area contributed by atoms with Crippen molar-refractivity contribution < 1.29 is 4.79 Å². The lowest BCUT2D eigenvalue weighted by atomic mass is 10.1. The fraction of sp³-hybridized carbons (Fsp3) is 0.280. The molecule has 4 aromatic rings. The van der Waals surface area contributed by atoms with Crippen molar-refractivity contribution in [3.05, 3.63) is 97.3 Å². The number of carbonyl (C=O) groups excluding carboxylic acids is 1. The molecule has 0 unspecified atom stereocenters. The molecule has 9 heteroatoms. The molecule has 2 aromatic carbocycles. The zero-order valence-corrected chi connectivity index (χ0v) is 19.9. The van der Waals surface area contributed by atoms with Crippen LogP contribution in [0.3, 0.4) is 0 Å². The van der Waals surface area contributed by atoms with Gasteiger partial charge >= 0.3 is 5.69 Å². The van der Waals surface area contributed by atoms with Crippen LogP contribution in [0.5, 0.6) is 0 Å². The van der Waals surface area contributed by atoms with Crippen LogP contribution in [0.15, 0.2) is 64.2 Å². The zero-order chi connectivity index (χ0) is 24.2. The highest BCUT2D eigenvalue weighted by Crippen LogP contribution is 2.14. The third-order valence-corrected chi connectivity index (χ3v) is 6.00. The monoisotopic (exact) mass is 479 g/mol. The van der Waals surface area contributed by atoms with E-state index in [9.17, 15) is 14.4 Å². The number of benzene rings is 2. The normalized spacial score (nSPS) is 11.1. The minimum atomic E-state index is -0.520. The number of carbonyl (C=O) groups is 1. The first-order valence-corrected chi connectivity index (χ1v) is 11.5. The van der Waals surface area contributed by atoms with Crippen LogP contribution in [-0.2, 0) is 37.4 Å². The second-order valence-electron chi connectivity index (χ2n) is 8.06. The Labute approximate surface area is 201 Å². The average molecular weight is 480 g/mol. The summed E-state index contributed by atoms with van der Waals surface area (Å²) >= 11 is 5.91. The first kappa shape index (κ1) is 23.5. The Morgan fingerprint density at radius 2 is 1.68 bits per heavy atom. The van der Waals surface area contributed by atoms with Gasteiger partial charge in [-0.1, -0.05) is 54.1 Å². The van der Waals surface area contributed by atoms with Crippen LogP contribution in [0.25, 0.3) is 11.0 Å². The summed E-state index contributed by atoms with van der Waals surface area (Å²) in [6.07, 6.45) is 0.517. The molecule has 0 aliphatic rings. The van der Waals surface area contributed by atoms with E-state index < -0.39 is 11.2 Å². The number of fused-ring (bicyclic) bond motifs is 1. The second-order valence-corrected chi connectivity index (χ2v) is 8.50. The first-order chi connectivity index (χ1) is 16.4.